The van der Waals surface area contributed by atoms with Crippen LogP contribution in [-0.2, 0) is 6.42 Å². The van der Waals surface area contributed by atoms with Crippen LogP contribution in [0.5, 0.6) is 5.75 Å². The number of benzene rings is 1. The molecule has 2 aromatic rings. The summed E-state index contributed by atoms with van der Waals surface area (Å²) in [5.74, 6) is 0.157. The average Bonchev–Trinajstić information content (AvgIpc) is 2.85. The zero-order valence-electron chi connectivity index (χ0n) is 10.8. The molecule has 0 aliphatic rings. The molecular weight excluding hydrogens is 306 g/mol. The Kier molecular flexibility index (Phi) is 6.84. The summed E-state index contributed by atoms with van der Waals surface area (Å²) in [7, 11) is 1.90. The molecule has 1 aromatic heterocycles. The number of thiazole rings is 1. The van der Waals surface area contributed by atoms with Gasteiger partial charge in [-0.15, -0.1) is 23.7 Å². The molecule has 0 bridgehead atoms. The Morgan fingerprint density at radius 3 is 2.60 bits per heavy atom. The topological polar surface area (TPSA) is 34.2 Å². The Morgan fingerprint density at radius 2 is 2.00 bits per heavy atom. The van der Waals surface area contributed by atoms with Crippen molar-refractivity contribution in [2.45, 2.75) is 13.0 Å². The summed E-state index contributed by atoms with van der Waals surface area (Å²) < 4.78 is 28.4. The minimum absolute atomic E-state index is 0. The lowest BCUT2D eigenvalue weighted by atomic mass is 10.2. The summed E-state index contributed by atoms with van der Waals surface area (Å²) in [6, 6.07) is 6.51. The van der Waals surface area contributed by atoms with Crippen molar-refractivity contribution in [2.24, 2.45) is 0 Å². The molecule has 3 nitrogen and oxygen atoms in total. The van der Waals surface area contributed by atoms with E-state index in [1.165, 1.54) is 12.1 Å². The Hall–Kier alpha value is -1.24. The lowest BCUT2D eigenvalue weighted by Crippen LogP contribution is -2.09. The van der Waals surface area contributed by atoms with Gasteiger partial charge in [-0.3, -0.25) is 0 Å². The first-order valence-electron chi connectivity index (χ1n) is 5.83. The van der Waals surface area contributed by atoms with Gasteiger partial charge in [-0.2, -0.15) is 8.78 Å². The van der Waals surface area contributed by atoms with E-state index in [0.717, 1.165) is 29.2 Å². The molecular formula is C13H15ClF2N2OS. The van der Waals surface area contributed by atoms with Gasteiger partial charge in [0.05, 0.1) is 10.7 Å². The number of rotatable bonds is 6. The predicted molar refractivity (Wildman–Crippen MR) is 79.1 cm³/mol. The highest BCUT2D eigenvalue weighted by Gasteiger charge is 2.07. The number of alkyl halides is 2. The first kappa shape index (κ1) is 16.8. The predicted octanol–water partition coefficient (Wildman–Crippen LogP) is 3.60. The van der Waals surface area contributed by atoms with Crippen LogP contribution in [0.3, 0.4) is 0 Å². The maximum atomic E-state index is 12.0. The van der Waals surface area contributed by atoms with E-state index < -0.39 is 6.61 Å². The molecule has 0 atom stereocenters. The van der Waals surface area contributed by atoms with Gasteiger partial charge in [0.1, 0.15) is 5.75 Å². The van der Waals surface area contributed by atoms with Gasteiger partial charge in [0.15, 0.2) is 0 Å². The van der Waals surface area contributed by atoms with Crippen molar-refractivity contribution in [2.75, 3.05) is 13.6 Å². The molecule has 0 unspecified atom stereocenters. The lowest BCUT2D eigenvalue weighted by Gasteiger charge is -2.04. The van der Waals surface area contributed by atoms with Crippen molar-refractivity contribution in [1.82, 2.24) is 10.3 Å². The lowest BCUT2D eigenvalue weighted by molar-refractivity contribution is -0.0498. The van der Waals surface area contributed by atoms with E-state index in [0.29, 0.717) is 0 Å². The number of likely N-dealkylation sites (N-methyl/N-ethyl adjacent to an activating group) is 1. The fraction of sp³-hybridized carbons (Fsp3) is 0.308. The summed E-state index contributed by atoms with van der Waals surface area (Å²) in [5, 5.41) is 6.09. The van der Waals surface area contributed by atoms with E-state index in [9.17, 15) is 8.78 Å². The van der Waals surface area contributed by atoms with Crippen LogP contribution in [0.2, 0.25) is 0 Å². The largest absolute Gasteiger partial charge is 0.435 e. The number of ether oxygens (including phenoxy) is 1. The molecule has 0 fully saturated rings. The quantitative estimate of drug-likeness (QED) is 0.883. The van der Waals surface area contributed by atoms with Crippen molar-refractivity contribution in [3.05, 3.63) is 34.7 Å². The molecule has 0 saturated heterocycles. The van der Waals surface area contributed by atoms with Crippen molar-refractivity contribution < 1.29 is 13.5 Å². The van der Waals surface area contributed by atoms with Crippen LogP contribution < -0.4 is 10.1 Å². The molecule has 110 valence electrons. The van der Waals surface area contributed by atoms with Crippen molar-refractivity contribution in [3.8, 4) is 17.0 Å². The molecule has 7 heteroatoms. The zero-order valence-corrected chi connectivity index (χ0v) is 12.4. The fourth-order valence-corrected chi connectivity index (χ4v) is 2.40. The first-order chi connectivity index (χ1) is 9.19. The van der Waals surface area contributed by atoms with Gasteiger partial charge in [-0.25, -0.2) is 4.98 Å². The van der Waals surface area contributed by atoms with Gasteiger partial charge in [0, 0.05) is 23.9 Å². The summed E-state index contributed by atoms with van der Waals surface area (Å²) in [5.41, 5.74) is 1.76. The van der Waals surface area contributed by atoms with Gasteiger partial charge in [0.25, 0.3) is 0 Å². The van der Waals surface area contributed by atoms with Gasteiger partial charge >= 0.3 is 6.61 Å². The molecule has 0 aliphatic heterocycles. The second kappa shape index (κ2) is 8.14. The van der Waals surface area contributed by atoms with Crippen LogP contribution in [0.25, 0.3) is 11.3 Å². The van der Waals surface area contributed by atoms with Crippen LogP contribution in [0.15, 0.2) is 29.6 Å². The van der Waals surface area contributed by atoms with E-state index in [1.54, 1.807) is 23.5 Å². The Labute approximate surface area is 126 Å². The molecule has 20 heavy (non-hydrogen) atoms. The van der Waals surface area contributed by atoms with Gasteiger partial charge in [-0.1, -0.05) is 0 Å². The van der Waals surface area contributed by atoms with Crippen molar-refractivity contribution >= 4 is 23.7 Å². The van der Waals surface area contributed by atoms with E-state index in [1.807, 2.05) is 12.4 Å². The monoisotopic (exact) mass is 320 g/mol. The molecule has 0 spiro atoms. The van der Waals surface area contributed by atoms with Crippen LogP contribution in [0.4, 0.5) is 8.78 Å². The molecule has 0 amide bonds. The zero-order chi connectivity index (χ0) is 13.7. The molecule has 0 aliphatic carbocycles. The van der Waals surface area contributed by atoms with Crippen molar-refractivity contribution in [3.63, 3.8) is 0 Å². The van der Waals surface area contributed by atoms with E-state index in [4.69, 9.17) is 0 Å². The standard InChI is InChI=1S/C13H14F2N2OS.ClH/c1-16-7-6-12-17-11(8-19-12)9-2-4-10(5-3-9)18-13(14)15;/h2-5,8,13,16H,6-7H2,1H3;1H. The summed E-state index contributed by atoms with van der Waals surface area (Å²) in [6.45, 7) is -1.91. The van der Waals surface area contributed by atoms with Crippen LogP contribution in [0, 0.1) is 0 Å². The normalized spacial score (nSPS) is 10.4. The Bertz CT molecular complexity index is 519. The van der Waals surface area contributed by atoms with Crippen LogP contribution in [-0.4, -0.2) is 25.2 Å². The highest BCUT2D eigenvalue weighted by Crippen LogP contribution is 2.24. The van der Waals surface area contributed by atoms with Crippen molar-refractivity contribution in [1.29, 1.82) is 0 Å². The van der Waals surface area contributed by atoms with Gasteiger partial charge in [0.2, 0.25) is 0 Å². The Balaban J connectivity index is 0.00000200. The molecule has 2 rings (SSSR count). The molecule has 1 N–H and O–H groups in total. The highest BCUT2D eigenvalue weighted by atomic mass is 35.5. The molecule has 0 radical (unpaired) electrons. The molecule has 1 heterocycles. The van der Waals surface area contributed by atoms with E-state index in [-0.39, 0.29) is 18.2 Å². The van der Waals surface area contributed by atoms with Crippen LogP contribution >= 0.6 is 23.7 Å². The second-order valence-electron chi connectivity index (χ2n) is 3.88. The minimum Gasteiger partial charge on any atom is -0.435 e. The SMILES string of the molecule is CNCCc1nc(-c2ccc(OC(F)F)cc2)cs1.Cl. The average molecular weight is 321 g/mol. The second-order valence-corrected chi connectivity index (χ2v) is 4.83. The number of nitrogens with zero attached hydrogens (tertiary/aromatic N) is 1. The number of hydrogen-bond acceptors (Lipinski definition) is 4. The van der Waals surface area contributed by atoms with E-state index in [2.05, 4.69) is 15.0 Å². The summed E-state index contributed by atoms with van der Waals surface area (Å²) >= 11 is 1.60. The molecule has 1 aromatic carbocycles. The number of hydrogen-bond donors (Lipinski definition) is 1. The maximum absolute atomic E-state index is 12.0. The number of aromatic nitrogens is 1. The Morgan fingerprint density at radius 1 is 1.30 bits per heavy atom. The third-order valence-corrected chi connectivity index (χ3v) is 3.42. The van der Waals surface area contributed by atoms with Gasteiger partial charge < -0.3 is 10.1 Å². The smallest absolute Gasteiger partial charge is 0.387 e. The third-order valence-electron chi connectivity index (χ3n) is 2.52. The van der Waals surface area contributed by atoms with Crippen LogP contribution in [0.1, 0.15) is 5.01 Å². The summed E-state index contributed by atoms with van der Waals surface area (Å²) in [4.78, 5) is 4.50. The molecule has 0 saturated carbocycles. The van der Waals surface area contributed by atoms with Gasteiger partial charge in [-0.05, 0) is 31.3 Å². The number of halogens is 3. The highest BCUT2D eigenvalue weighted by molar-refractivity contribution is 7.09. The minimum atomic E-state index is -2.79. The maximum Gasteiger partial charge on any atom is 0.387 e. The first-order valence-corrected chi connectivity index (χ1v) is 6.71. The summed E-state index contributed by atoms with van der Waals surface area (Å²) in [6.07, 6.45) is 0.883. The van der Waals surface area contributed by atoms with E-state index >= 15 is 0 Å². The fourth-order valence-electron chi connectivity index (χ4n) is 1.60. The number of nitrogens with one attached hydrogen (secondary N) is 1. The third kappa shape index (κ3) is 4.70.